The summed E-state index contributed by atoms with van der Waals surface area (Å²) in [5.74, 6) is 1.27. The van der Waals surface area contributed by atoms with Crippen LogP contribution in [-0.4, -0.2) is 12.1 Å². The van der Waals surface area contributed by atoms with Crippen molar-refractivity contribution in [2.45, 2.75) is 40.0 Å². The number of fused-ring (bicyclic) bond motifs is 3. The Morgan fingerprint density at radius 3 is 2.50 bits per heavy atom. The summed E-state index contributed by atoms with van der Waals surface area (Å²) in [6, 6.07) is 12.7. The van der Waals surface area contributed by atoms with Crippen molar-refractivity contribution in [3.05, 3.63) is 62.2 Å². The largest absolute Gasteiger partial charge is 0.496 e. The quantitative estimate of drug-likeness (QED) is 0.322. The van der Waals surface area contributed by atoms with Crippen LogP contribution >= 0.6 is 27.3 Å². The van der Waals surface area contributed by atoms with Crippen LogP contribution in [0.1, 0.15) is 45.6 Å². The molecule has 2 heterocycles. The van der Waals surface area contributed by atoms with Gasteiger partial charge in [-0.1, -0.05) is 52.0 Å². The fraction of sp³-hybridized carbons (Fsp3) is 0.320. The number of halogens is 1. The fourth-order valence-corrected chi connectivity index (χ4v) is 5.63. The van der Waals surface area contributed by atoms with Gasteiger partial charge in [-0.25, -0.2) is 0 Å². The zero-order chi connectivity index (χ0) is 21.6. The maximum absolute atomic E-state index is 12.5. The van der Waals surface area contributed by atoms with Crippen LogP contribution in [0.5, 0.6) is 5.75 Å². The maximum Gasteiger partial charge on any atom is 0.266 e. The lowest BCUT2D eigenvalue weighted by Gasteiger charge is -2.23. The SMILES string of the molecule is COc1cc(Br)c2[nH]c(=O)c3sccc3c2c1-c1ccc(C(C)CC(C)(C)C)cc1. The van der Waals surface area contributed by atoms with Crippen molar-refractivity contribution >= 4 is 48.3 Å². The molecule has 0 radical (unpaired) electrons. The molecule has 30 heavy (non-hydrogen) atoms. The molecule has 0 aliphatic heterocycles. The minimum atomic E-state index is -0.0596. The average Bonchev–Trinajstić information content (AvgIpc) is 3.18. The van der Waals surface area contributed by atoms with Crippen molar-refractivity contribution in [3.8, 4) is 16.9 Å². The van der Waals surface area contributed by atoms with E-state index < -0.39 is 0 Å². The molecular formula is C25H26BrNO2S. The minimum absolute atomic E-state index is 0.0596. The van der Waals surface area contributed by atoms with E-state index in [0.29, 0.717) is 11.3 Å². The maximum atomic E-state index is 12.5. The number of ether oxygens (including phenoxy) is 1. The van der Waals surface area contributed by atoms with Gasteiger partial charge in [0.2, 0.25) is 0 Å². The van der Waals surface area contributed by atoms with Crippen molar-refractivity contribution in [1.29, 1.82) is 0 Å². The van der Waals surface area contributed by atoms with Crippen LogP contribution in [0.3, 0.4) is 0 Å². The summed E-state index contributed by atoms with van der Waals surface area (Å²) in [5.41, 5.74) is 4.45. The average molecular weight is 484 g/mol. The molecule has 0 saturated carbocycles. The third-order valence-corrected chi connectivity index (χ3v) is 7.07. The van der Waals surface area contributed by atoms with Crippen LogP contribution in [0, 0.1) is 5.41 Å². The highest BCUT2D eigenvalue weighted by molar-refractivity contribution is 9.10. The van der Waals surface area contributed by atoms with E-state index in [0.717, 1.165) is 48.8 Å². The van der Waals surface area contributed by atoms with Gasteiger partial charge in [-0.2, -0.15) is 0 Å². The molecule has 2 aromatic carbocycles. The molecule has 4 aromatic rings. The number of thiophene rings is 1. The Morgan fingerprint density at radius 1 is 1.17 bits per heavy atom. The predicted molar refractivity (Wildman–Crippen MR) is 132 cm³/mol. The van der Waals surface area contributed by atoms with Gasteiger partial charge < -0.3 is 9.72 Å². The number of benzene rings is 2. The molecular weight excluding hydrogens is 458 g/mol. The van der Waals surface area contributed by atoms with E-state index in [9.17, 15) is 4.79 Å². The molecule has 1 atom stereocenters. The van der Waals surface area contributed by atoms with Crippen LogP contribution in [0.25, 0.3) is 32.1 Å². The third kappa shape index (κ3) is 3.81. The number of nitrogens with one attached hydrogen (secondary N) is 1. The number of aromatic amines is 1. The molecule has 1 unspecified atom stereocenters. The summed E-state index contributed by atoms with van der Waals surface area (Å²) < 4.78 is 7.32. The number of hydrogen-bond donors (Lipinski definition) is 1. The Labute approximate surface area is 189 Å². The lowest BCUT2D eigenvalue weighted by Crippen LogP contribution is -2.09. The van der Waals surface area contributed by atoms with Crippen LogP contribution in [0.4, 0.5) is 0 Å². The van der Waals surface area contributed by atoms with Crippen molar-refractivity contribution in [2.24, 2.45) is 5.41 Å². The van der Waals surface area contributed by atoms with Crippen molar-refractivity contribution in [3.63, 3.8) is 0 Å². The highest BCUT2D eigenvalue weighted by atomic mass is 79.9. The smallest absolute Gasteiger partial charge is 0.266 e. The molecule has 3 nitrogen and oxygen atoms in total. The Hall–Kier alpha value is -2.11. The summed E-state index contributed by atoms with van der Waals surface area (Å²) in [4.78, 5) is 15.6. The van der Waals surface area contributed by atoms with E-state index in [1.54, 1.807) is 7.11 Å². The first-order chi connectivity index (χ1) is 14.2. The van der Waals surface area contributed by atoms with Gasteiger partial charge in [0.1, 0.15) is 10.4 Å². The molecule has 2 aromatic heterocycles. The lowest BCUT2D eigenvalue weighted by molar-refractivity contribution is 0.349. The molecule has 0 fully saturated rings. The highest BCUT2D eigenvalue weighted by Gasteiger charge is 2.20. The van der Waals surface area contributed by atoms with E-state index in [-0.39, 0.29) is 5.56 Å². The molecule has 5 heteroatoms. The molecule has 4 rings (SSSR count). The zero-order valence-electron chi connectivity index (χ0n) is 17.9. The van der Waals surface area contributed by atoms with Crippen LogP contribution in [-0.2, 0) is 0 Å². The van der Waals surface area contributed by atoms with Crippen LogP contribution in [0.2, 0.25) is 0 Å². The Bertz CT molecular complexity index is 1280. The normalized spacial score (nSPS) is 13.1. The van der Waals surface area contributed by atoms with Crippen LogP contribution in [0.15, 0.2) is 51.0 Å². The molecule has 1 N–H and O–H groups in total. The van der Waals surface area contributed by atoms with Gasteiger partial charge >= 0.3 is 0 Å². The van der Waals surface area contributed by atoms with Gasteiger partial charge in [0.15, 0.2) is 0 Å². The Morgan fingerprint density at radius 2 is 1.87 bits per heavy atom. The molecule has 156 valence electrons. The second kappa shape index (κ2) is 7.86. The fourth-order valence-electron chi connectivity index (χ4n) is 4.33. The number of aromatic nitrogens is 1. The molecule has 0 bridgehead atoms. The van der Waals surface area contributed by atoms with Crippen LogP contribution < -0.4 is 10.3 Å². The number of rotatable bonds is 4. The monoisotopic (exact) mass is 483 g/mol. The summed E-state index contributed by atoms with van der Waals surface area (Å²) >= 11 is 5.08. The lowest BCUT2D eigenvalue weighted by atomic mass is 9.82. The number of hydrogen-bond acceptors (Lipinski definition) is 3. The minimum Gasteiger partial charge on any atom is -0.496 e. The first-order valence-electron chi connectivity index (χ1n) is 10.1. The van der Waals surface area contributed by atoms with Crippen molar-refractivity contribution < 1.29 is 4.74 Å². The van der Waals surface area contributed by atoms with Crippen molar-refractivity contribution in [2.75, 3.05) is 7.11 Å². The molecule has 0 spiro atoms. The van der Waals surface area contributed by atoms with E-state index in [1.807, 2.05) is 17.5 Å². The molecule has 0 saturated heterocycles. The van der Waals surface area contributed by atoms with Gasteiger partial charge in [0.25, 0.3) is 5.56 Å². The number of pyridine rings is 1. The summed E-state index contributed by atoms with van der Waals surface area (Å²) in [7, 11) is 1.69. The van der Waals surface area contributed by atoms with E-state index in [4.69, 9.17) is 4.74 Å². The Kier molecular flexibility index (Phi) is 5.54. The van der Waals surface area contributed by atoms with Crippen molar-refractivity contribution in [1.82, 2.24) is 4.98 Å². The van der Waals surface area contributed by atoms with Gasteiger partial charge in [-0.05, 0) is 62.3 Å². The van der Waals surface area contributed by atoms with E-state index >= 15 is 0 Å². The summed E-state index contributed by atoms with van der Waals surface area (Å²) in [6.07, 6.45) is 1.13. The first kappa shape index (κ1) is 21.1. The van der Waals surface area contributed by atoms with E-state index in [1.165, 1.54) is 16.9 Å². The first-order valence-corrected chi connectivity index (χ1v) is 11.8. The molecule has 0 aliphatic rings. The second-order valence-corrected chi connectivity index (χ2v) is 10.9. The van der Waals surface area contributed by atoms with Gasteiger partial charge in [-0.15, -0.1) is 11.3 Å². The topological polar surface area (TPSA) is 42.1 Å². The summed E-state index contributed by atoms with van der Waals surface area (Å²) in [5, 5.41) is 3.93. The second-order valence-electron chi connectivity index (χ2n) is 9.09. The summed E-state index contributed by atoms with van der Waals surface area (Å²) in [6.45, 7) is 9.13. The zero-order valence-corrected chi connectivity index (χ0v) is 20.3. The Balaban J connectivity index is 1.93. The number of methoxy groups -OCH3 is 1. The van der Waals surface area contributed by atoms with Gasteiger partial charge in [0.05, 0.1) is 12.6 Å². The highest BCUT2D eigenvalue weighted by Crippen LogP contribution is 2.43. The third-order valence-electron chi connectivity index (χ3n) is 5.53. The van der Waals surface area contributed by atoms with Gasteiger partial charge in [0, 0.05) is 20.8 Å². The predicted octanol–water partition coefficient (Wildman–Crippen LogP) is 7.72. The van der Waals surface area contributed by atoms with Gasteiger partial charge in [-0.3, -0.25) is 4.79 Å². The molecule has 0 aliphatic carbocycles. The van der Waals surface area contributed by atoms with E-state index in [2.05, 4.69) is 72.9 Å². The number of H-pyrrole nitrogens is 1. The molecule has 0 amide bonds. The standard InChI is InChI=1S/C25H26BrNO2S/c1-14(13-25(2,3)4)15-6-8-16(9-7-15)20-19(29-5)12-18(26)22-21(20)17-10-11-30-23(17)24(28)27-22/h6-12,14H,13H2,1-5H3,(H,27,28).